The van der Waals surface area contributed by atoms with E-state index in [2.05, 4.69) is 69.1 Å². The zero-order valence-electron chi connectivity index (χ0n) is 9.21. The third kappa shape index (κ3) is 3.14. The second kappa shape index (κ2) is 5.87. The minimum Gasteiger partial charge on any atom is -0.126 e. The second-order valence-electron chi connectivity index (χ2n) is 3.73. The maximum absolute atomic E-state index is 6.06. The van der Waals surface area contributed by atoms with Crippen molar-refractivity contribution >= 4 is 54.8 Å². The SMILES string of the molecule is CCc1ccc(C(Br)c2cc(Br)c(Cl)s2)cc1. The van der Waals surface area contributed by atoms with E-state index in [0.29, 0.717) is 0 Å². The van der Waals surface area contributed by atoms with Crippen molar-refractivity contribution in [1.82, 2.24) is 0 Å². The van der Waals surface area contributed by atoms with Gasteiger partial charge in [0.15, 0.2) is 0 Å². The number of hydrogen-bond donors (Lipinski definition) is 0. The lowest BCUT2D eigenvalue weighted by Gasteiger charge is -2.08. The van der Waals surface area contributed by atoms with Gasteiger partial charge in [-0.15, -0.1) is 11.3 Å². The summed E-state index contributed by atoms with van der Waals surface area (Å²) in [4.78, 5) is 1.42. The Morgan fingerprint density at radius 1 is 1.29 bits per heavy atom. The molecule has 0 N–H and O–H groups in total. The monoisotopic (exact) mass is 392 g/mol. The summed E-state index contributed by atoms with van der Waals surface area (Å²) < 4.78 is 1.77. The van der Waals surface area contributed by atoms with Crippen molar-refractivity contribution in [3.63, 3.8) is 0 Å². The number of hydrogen-bond acceptors (Lipinski definition) is 1. The molecular formula is C13H11Br2ClS. The van der Waals surface area contributed by atoms with Crippen LogP contribution in [0, 0.1) is 0 Å². The molecule has 17 heavy (non-hydrogen) atoms. The van der Waals surface area contributed by atoms with Crippen molar-refractivity contribution in [1.29, 1.82) is 0 Å². The molecule has 4 heteroatoms. The summed E-state index contributed by atoms with van der Waals surface area (Å²) in [6.45, 7) is 2.16. The van der Waals surface area contributed by atoms with Crippen LogP contribution in [0.25, 0.3) is 0 Å². The summed E-state index contributed by atoms with van der Waals surface area (Å²) in [5.74, 6) is 0. The van der Waals surface area contributed by atoms with Crippen LogP contribution in [0.1, 0.15) is 27.8 Å². The zero-order chi connectivity index (χ0) is 12.4. The van der Waals surface area contributed by atoms with Gasteiger partial charge in [-0.25, -0.2) is 0 Å². The van der Waals surface area contributed by atoms with Crippen LogP contribution in [-0.2, 0) is 6.42 Å². The summed E-state index contributed by atoms with van der Waals surface area (Å²) >= 11 is 14.8. The Kier molecular flexibility index (Phi) is 4.70. The number of thiophene rings is 1. The van der Waals surface area contributed by atoms with Gasteiger partial charge < -0.3 is 0 Å². The first-order valence-electron chi connectivity index (χ1n) is 5.29. The normalized spacial score (nSPS) is 12.7. The smallest absolute Gasteiger partial charge is 0.107 e. The van der Waals surface area contributed by atoms with E-state index in [1.165, 1.54) is 16.0 Å². The molecule has 1 aromatic carbocycles. The Bertz CT molecular complexity index is 485. The fourth-order valence-electron chi connectivity index (χ4n) is 1.57. The van der Waals surface area contributed by atoms with E-state index >= 15 is 0 Å². The first-order chi connectivity index (χ1) is 8.11. The quantitative estimate of drug-likeness (QED) is 0.543. The number of alkyl halides is 1. The molecule has 1 atom stereocenters. The van der Waals surface area contributed by atoms with Gasteiger partial charge in [0.25, 0.3) is 0 Å². The van der Waals surface area contributed by atoms with Crippen LogP contribution in [0.2, 0.25) is 4.34 Å². The second-order valence-corrected chi connectivity index (χ2v) is 7.18. The zero-order valence-corrected chi connectivity index (χ0v) is 14.0. The first kappa shape index (κ1) is 13.6. The van der Waals surface area contributed by atoms with Crippen LogP contribution in [0.3, 0.4) is 0 Å². The average Bonchev–Trinajstić information content (AvgIpc) is 2.69. The van der Waals surface area contributed by atoms with Crippen LogP contribution in [0.5, 0.6) is 0 Å². The van der Waals surface area contributed by atoms with E-state index in [0.717, 1.165) is 15.2 Å². The molecule has 0 aliphatic carbocycles. The highest BCUT2D eigenvalue weighted by Crippen LogP contribution is 2.41. The van der Waals surface area contributed by atoms with Crippen LogP contribution < -0.4 is 0 Å². The number of benzene rings is 1. The number of rotatable bonds is 3. The maximum atomic E-state index is 6.06. The maximum Gasteiger partial charge on any atom is 0.107 e. The van der Waals surface area contributed by atoms with E-state index in [-0.39, 0.29) is 4.83 Å². The lowest BCUT2D eigenvalue weighted by atomic mass is 10.1. The van der Waals surface area contributed by atoms with Gasteiger partial charge >= 0.3 is 0 Å². The molecule has 0 amide bonds. The van der Waals surface area contributed by atoms with Crippen molar-refractivity contribution in [2.45, 2.75) is 18.2 Å². The van der Waals surface area contributed by atoms with Gasteiger partial charge in [-0.05, 0) is 39.5 Å². The van der Waals surface area contributed by atoms with Crippen molar-refractivity contribution in [2.24, 2.45) is 0 Å². The fraction of sp³-hybridized carbons (Fsp3) is 0.231. The predicted molar refractivity (Wildman–Crippen MR) is 83.6 cm³/mol. The molecule has 1 aromatic heterocycles. The first-order valence-corrected chi connectivity index (χ1v) is 8.19. The van der Waals surface area contributed by atoms with Crippen molar-refractivity contribution in [3.05, 3.63) is 55.1 Å². The molecule has 0 radical (unpaired) electrons. The third-order valence-electron chi connectivity index (χ3n) is 2.59. The summed E-state index contributed by atoms with van der Waals surface area (Å²) in [5.41, 5.74) is 2.62. The van der Waals surface area contributed by atoms with Gasteiger partial charge in [0.05, 0.1) is 4.83 Å². The molecule has 0 saturated heterocycles. The van der Waals surface area contributed by atoms with Crippen molar-refractivity contribution in [2.75, 3.05) is 0 Å². The van der Waals surface area contributed by atoms with E-state index in [9.17, 15) is 0 Å². The highest BCUT2D eigenvalue weighted by atomic mass is 79.9. The van der Waals surface area contributed by atoms with Gasteiger partial charge in [0, 0.05) is 9.35 Å². The fourth-order valence-corrected chi connectivity index (χ4v) is 4.04. The Hall–Kier alpha value is 0.170. The van der Waals surface area contributed by atoms with E-state index in [1.807, 2.05) is 0 Å². The molecule has 0 fully saturated rings. The summed E-state index contributed by atoms with van der Waals surface area (Å²) in [6.07, 6.45) is 1.07. The van der Waals surface area contributed by atoms with Crippen LogP contribution in [0.4, 0.5) is 0 Å². The standard InChI is InChI=1S/C13H11Br2ClS/c1-2-8-3-5-9(6-4-8)12(15)11-7-10(14)13(16)17-11/h3-7,12H,2H2,1H3. The Morgan fingerprint density at radius 2 is 1.94 bits per heavy atom. The molecule has 2 rings (SSSR count). The minimum atomic E-state index is 0.210. The Labute approximate surface area is 127 Å². The molecule has 0 spiro atoms. The predicted octanol–water partition coefficient (Wildman–Crippen LogP) is 6.21. The van der Waals surface area contributed by atoms with Gasteiger partial charge in [-0.1, -0.05) is 58.7 Å². The van der Waals surface area contributed by atoms with Gasteiger partial charge in [0.2, 0.25) is 0 Å². The molecule has 90 valence electrons. The van der Waals surface area contributed by atoms with Crippen LogP contribution >= 0.6 is 54.8 Å². The Morgan fingerprint density at radius 3 is 2.41 bits per heavy atom. The van der Waals surface area contributed by atoms with Gasteiger partial charge in [0.1, 0.15) is 4.34 Å². The minimum absolute atomic E-state index is 0.210. The average molecular weight is 395 g/mol. The third-order valence-corrected chi connectivity index (χ3v) is 6.46. The largest absolute Gasteiger partial charge is 0.126 e. The number of aryl methyl sites for hydroxylation is 1. The lowest BCUT2D eigenvalue weighted by molar-refractivity contribution is 1.12. The Balaban J connectivity index is 2.26. The molecule has 2 aromatic rings. The van der Waals surface area contributed by atoms with Crippen molar-refractivity contribution in [3.8, 4) is 0 Å². The highest BCUT2D eigenvalue weighted by molar-refractivity contribution is 9.10. The molecule has 0 aliphatic heterocycles. The van der Waals surface area contributed by atoms with E-state index in [4.69, 9.17) is 11.6 Å². The van der Waals surface area contributed by atoms with Gasteiger partial charge in [-0.3, -0.25) is 0 Å². The molecule has 0 aliphatic rings. The number of halogens is 3. The molecule has 0 saturated carbocycles. The van der Waals surface area contributed by atoms with Gasteiger partial charge in [-0.2, -0.15) is 0 Å². The summed E-state index contributed by atoms with van der Waals surface area (Å²) in [7, 11) is 0. The molecule has 1 unspecified atom stereocenters. The van der Waals surface area contributed by atoms with E-state index in [1.54, 1.807) is 11.3 Å². The van der Waals surface area contributed by atoms with Crippen LogP contribution in [0.15, 0.2) is 34.8 Å². The van der Waals surface area contributed by atoms with Crippen LogP contribution in [-0.4, -0.2) is 0 Å². The summed E-state index contributed by atoms with van der Waals surface area (Å²) in [5, 5.41) is 0. The molecular weight excluding hydrogens is 383 g/mol. The lowest BCUT2D eigenvalue weighted by Crippen LogP contribution is -1.90. The summed E-state index contributed by atoms with van der Waals surface area (Å²) in [6, 6.07) is 10.8. The topological polar surface area (TPSA) is 0 Å². The highest BCUT2D eigenvalue weighted by Gasteiger charge is 2.14. The molecule has 1 heterocycles. The van der Waals surface area contributed by atoms with E-state index < -0.39 is 0 Å². The molecule has 0 bridgehead atoms. The van der Waals surface area contributed by atoms with Crippen molar-refractivity contribution < 1.29 is 0 Å². The molecule has 0 nitrogen and oxygen atoms in total.